The first-order valence-electron chi connectivity index (χ1n) is 6.67. The molecule has 3 rings (SSSR count). The summed E-state index contributed by atoms with van der Waals surface area (Å²) < 4.78 is 0. The molecule has 0 bridgehead atoms. The molecule has 104 valence electrons. The fourth-order valence-electron chi connectivity index (χ4n) is 2.23. The number of carbonyl (C=O) groups is 2. The van der Waals surface area contributed by atoms with Gasteiger partial charge in [-0.15, -0.1) is 0 Å². The van der Waals surface area contributed by atoms with E-state index < -0.39 is 0 Å². The molecule has 1 aliphatic rings. The van der Waals surface area contributed by atoms with Crippen LogP contribution in [0.1, 0.15) is 11.1 Å². The molecule has 1 aliphatic heterocycles. The number of carbonyl (C=O) groups excluding carboxylic acids is 2. The van der Waals surface area contributed by atoms with E-state index in [1.54, 1.807) is 18.2 Å². The smallest absolute Gasteiger partial charge is 0.248 e. The van der Waals surface area contributed by atoms with Crippen molar-refractivity contribution >= 4 is 29.3 Å². The Balaban J connectivity index is 1.67. The van der Waals surface area contributed by atoms with E-state index in [9.17, 15) is 9.59 Å². The molecule has 2 aromatic carbocycles. The van der Waals surface area contributed by atoms with Gasteiger partial charge in [-0.2, -0.15) is 0 Å². The Morgan fingerprint density at radius 3 is 2.76 bits per heavy atom. The second-order valence-corrected chi connectivity index (χ2v) is 4.83. The quantitative estimate of drug-likeness (QED) is 0.848. The molecule has 4 heteroatoms. The number of benzene rings is 2. The Hall–Kier alpha value is -2.88. The number of amides is 2. The number of hydrogen-bond acceptors (Lipinski definition) is 2. The summed E-state index contributed by atoms with van der Waals surface area (Å²) in [6.07, 6.45) is 3.61. The molecule has 0 saturated heterocycles. The van der Waals surface area contributed by atoms with Crippen molar-refractivity contribution in [2.45, 2.75) is 6.42 Å². The molecule has 0 spiro atoms. The molecule has 0 radical (unpaired) electrons. The summed E-state index contributed by atoms with van der Waals surface area (Å²) in [4.78, 5) is 23.2. The number of nitrogens with one attached hydrogen (secondary N) is 2. The Morgan fingerprint density at radius 2 is 1.95 bits per heavy atom. The number of rotatable bonds is 3. The summed E-state index contributed by atoms with van der Waals surface area (Å²) in [7, 11) is 0. The van der Waals surface area contributed by atoms with Crippen LogP contribution in [0.5, 0.6) is 0 Å². The van der Waals surface area contributed by atoms with Gasteiger partial charge in [-0.25, -0.2) is 0 Å². The zero-order valence-electron chi connectivity index (χ0n) is 11.3. The van der Waals surface area contributed by atoms with Crippen LogP contribution in [0.15, 0.2) is 54.6 Å². The van der Waals surface area contributed by atoms with Crippen molar-refractivity contribution < 1.29 is 9.59 Å². The molecule has 2 amide bonds. The summed E-state index contributed by atoms with van der Waals surface area (Å²) >= 11 is 0. The number of fused-ring (bicyclic) bond motifs is 1. The largest absolute Gasteiger partial charge is 0.326 e. The fraction of sp³-hybridized carbons (Fsp3) is 0.0588. The summed E-state index contributed by atoms with van der Waals surface area (Å²) in [5.74, 6) is -0.214. The average molecular weight is 278 g/mol. The highest BCUT2D eigenvalue weighted by atomic mass is 16.2. The first kappa shape index (κ1) is 13.1. The summed E-state index contributed by atoms with van der Waals surface area (Å²) in [6.45, 7) is 0. The van der Waals surface area contributed by atoms with Gasteiger partial charge >= 0.3 is 0 Å². The summed E-state index contributed by atoms with van der Waals surface area (Å²) in [5, 5.41) is 5.55. The molecule has 4 nitrogen and oxygen atoms in total. The van der Waals surface area contributed by atoms with E-state index in [0.29, 0.717) is 12.1 Å². The fourth-order valence-corrected chi connectivity index (χ4v) is 2.23. The van der Waals surface area contributed by atoms with Crippen LogP contribution in [-0.4, -0.2) is 11.8 Å². The molecule has 0 fully saturated rings. The van der Waals surface area contributed by atoms with Gasteiger partial charge in [0.15, 0.2) is 0 Å². The van der Waals surface area contributed by atoms with Crippen LogP contribution in [0.3, 0.4) is 0 Å². The molecule has 21 heavy (non-hydrogen) atoms. The second-order valence-electron chi connectivity index (χ2n) is 4.83. The van der Waals surface area contributed by atoms with Crippen molar-refractivity contribution in [3.63, 3.8) is 0 Å². The predicted octanol–water partition coefficient (Wildman–Crippen LogP) is 2.83. The number of anilines is 2. The predicted molar refractivity (Wildman–Crippen MR) is 82.9 cm³/mol. The van der Waals surface area contributed by atoms with Crippen LogP contribution in [0, 0.1) is 0 Å². The van der Waals surface area contributed by atoms with E-state index in [2.05, 4.69) is 10.6 Å². The third-order valence-electron chi connectivity index (χ3n) is 3.22. The molecule has 2 N–H and O–H groups in total. The third-order valence-corrected chi connectivity index (χ3v) is 3.22. The number of hydrogen-bond donors (Lipinski definition) is 2. The van der Waals surface area contributed by atoms with Crippen LogP contribution in [0.2, 0.25) is 0 Å². The highest BCUT2D eigenvalue weighted by Gasteiger charge is 2.17. The van der Waals surface area contributed by atoms with Gasteiger partial charge < -0.3 is 10.6 Å². The molecule has 0 aliphatic carbocycles. The standard InChI is InChI=1S/C17H14N2O2/c20-16(9-6-12-4-2-1-3-5-12)18-14-7-8-15-13(10-14)11-17(21)19-15/h1-10H,11H2,(H,18,20)(H,19,21). The summed E-state index contributed by atoms with van der Waals surface area (Å²) in [6, 6.07) is 15.0. The van der Waals surface area contributed by atoms with Crippen LogP contribution in [0.25, 0.3) is 6.08 Å². The van der Waals surface area contributed by atoms with Gasteiger partial charge in [0.2, 0.25) is 11.8 Å². The van der Waals surface area contributed by atoms with Gasteiger partial charge in [0.25, 0.3) is 0 Å². The van der Waals surface area contributed by atoms with E-state index in [0.717, 1.165) is 16.8 Å². The minimum atomic E-state index is -0.198. The Bertz CT molecular complexity index is 721. The Kier molecular flexibility index (Phi) is 3.51. The lowest BCUT2D eigenvalue weighted by Crippen LogP contribution is -2.07. The molecule has 0 aromatic heterocycles. The van der Waals surface area contributed by atoms with Crippen molar-refractivity contribution in [3.05, 3.63) is 65.7 Å². The lowest BCUT2D eigenvalue weighted by molar-refractivity contribution is -0.115. The van der Waals surface area contributed by atoms with Crippen molar-refractivity contribution in [1.29, 1.82) is 0 Å². The van der Waals surface area contributed by atoms with Crippen molar-refractivity contribution in [2.75, 3.05) is 10.6 Å². The maximum Gasteiger partial charge on any atom is 0.248 e. The lowest BCUT2D eigenvalue weighted by atomic mass is 10.1. The van der Waals surface area contributed by atoms with Gasteiger partial charge in [0.05, 0.1) is 6.42 Å². The van der Waals surface area contributed by atoms with Crippen LogP contribution < -0.4 is 10.6 Å². The molecule has 0 atom stereocenters. The average Bonchev–Trinajstić information content (AvgIpc) is 2.85. The van der Waals surface area contributed by atoms with Crippen molar-refractivity contribution in [2.24, 2.45) is 0 Å². The first-order chi connectivity index (χ1) is 10.2. The Labute approximate surface area is 122 Å². The second kappa shape index (κ2) is 5.63. The van der Waals surface area contributed by atoms with Crippen LogP contribution in [0.4, 0.5) is 11.4 Å². The highest BCUT2D eigenvalue weighted by molar-refractivity contribution is 6.03. The third kappa shape index (κ3) is 3.17. The van der Waals surface area contributed by atoms with Crippen LogP contribution in [-0.2, 0) is 16.0 Å². The van der Waals surface area contributed by atoms with E-state index in [4.69, 9.17) is 0 Å². The lowest BCUT2D eigenvalue weighted by Gasteiger charge is -2.04. The summed E-state index contributed by atoms with van der Waals surface area (Å²) in [5.41, 5.74) is 3.38. The highest BCUT2D eigenvalue weighted by Crippen LogP contribution is 2.25. The van der Waals surface area contributed by atoms with E-state index in [-0.39, 0.29) is 11.8 Å². The zero-order chi connectivity index (χ0) is 14.7. The topological polar surface area (TPSA) is 58.2 Å². The first-order valence-corrected chi connectivity index (χ1v) is 6.67. The van der Waals surface area contributed by atoms with Gasteiger partial charge in [0.1, 0.15) is 0 Å². The minimum absolute atomic E-state index is 0.0163. The van der Waals surface area contributed by atoms with Gasteiger partial charge in [-0.1, -0.05) is 30.3 Å². The van der Waals surface area contributed by atoms with E-state index >= 15 is 0 Å². The van der Waals surface area contributed by atoms with Gasteiger partial charge in [0, 0.05) is 17.5 Å². The zero-order valence-corrected chi connectivity index (χ0v) is 11.3. The molecular weight excluding hydrogens is 264 g/mol. The molecular formula is C17H14N2O2. The van der Waals surface area contributed by atoms with Gasteiger partial charge in [-0.3, -0.25) is 9.59 Å². The molecule has 2 aromatic rings. The van der Waals surface area contributed by atoms with Crippen LogP contribution >= 0.6 is 0 Å². The van der Waals surface area contributed by atoms with E-state index in [1.165, 1.54) is 6.08 Å². The van der Waals surface area contributed by atoms with E-state index in [1.807, 2.05) is 36.4 Å². The normalized spacial score (nSPS) is 13.0. The van der Waals surface area contributed by atoms with Crippen molar-refractivity contribution in [3.8, 4) is 0 Å². The maximum absolute atomic E-state index is 11.9. The molecule has 0 saturated carbocycles. The molecule has 1 heterocycles. The minimum Gasteiger partial charge on any atom is -0.326 e. The Morgan fingerprint density at radius 1 is 1.14 bits per heavy atom. The van der Waals surface area contributed by atoms with Gasteiger partial charge in [-0.05, 0) is 35.4 Å². The molecule has 0 unspecified atom stereocenters. The van der Waals surface area contributed by atoms with Crippen molar-refractivity contribution in [1.82, 2.24) is 0 Å². The maximum atomic E-state index is 11.9. The monoisotopic (exact) mass is 278 g/mol. The SMILES string of the molecule is O=C(C=Cc1ccccc1)Nc1ccc2c(c1)CC(=O)N2.